The molecule has 0 aromatic heterocycles. The third kappa shape index (κ3) is 6.68. The zero-order chi connectivity index (χ0) is 9.56. The van der Waals surface area contributed by atoms with Crippen LogP contribution >= 0.6 is 0 Å². The average molecular weight is 172 g/mol. The monoisotopic (exact) mass is 172 g/mol. The third-order valence-corrected chi connectivity index (χ3v) is 1.54. The van der Waals surface area contributed by atoms with Gasteiger partial charge < -0.3 is 9.47 Å². The van der Waals surface area contributed by atoms with Crippen LogP contribution in [0.4, 0.5) is 0 Å². The lowest BCUT2D eigenvalue weighted by Gasteiger charge is -2.20. The summed E-state index contributed by atoms with van der Waals surface area (Å²) in [5.74, 6) is 0. The molecule has 0 saturated carbocycles. The van der Waals surface area contributed by atoms with Crippen molar-refractivity contribution in [2.75, 3.05) is 6.61 Å². The first-order valence-electron chi connectivity index (χ1n) is 4.83. The molecule has 0 rings (SSSR count). The molecule has 0 aromatic rings. The van der Waals surface area contributed by atoms with Crippen LogP contribution in [0, 0.1) is 0 Å². The van der Waals surface area contributed by atoms with Gasteiger partial charge in [0.25, 0.3) is 0 Å². The van der Waals surface area contributed by atoms with Crippen molar-refractivity contribution < 1.29 is 9.47 Å². The van der Waals surface area contributed by atoms with Gasteiger partial charge in [-0.1, -0.05) is 6.32 Å². The molecule has 3 heteroatoms. The second-order valence-corrected chi connectivity index (χ2v) is 3.60. The van der Waals surface area contributed by atoms with Crippen molar-refractivity contribution in [3.8, 4) is 0 Å². The van der Waals surface area contributed by atoms with Crippen LogP contribution in [-0.4, -0.2) is 32.8 Å². The normalized spacial score (nSPS) is 14.2. The Morgan fingerprint density at radius 3 is 2.00 bits per heavy atom. The standard InChI is InChI=1S/C9H21BO2/c1-7(2)11-6-9(5-10)12-8(3)4/h7-9H,5-6,10H2,1-4H3. The van der Waals surface area contributed by atoms with Crippen LogP contribution in [0.5, 0.6) is 0 Å². The van der Waals surface area contributed by atoms with Crippen molar-refractivity contribution in [1.29, 1.82) is 0 Å². The zero-order valence-corrected chi connectivity index (χ0v) is 8.96. The molecule has 0 radical (unpaired) electrons. The van der Waals surface area contributed by atoms with Gasteiger partial charge in [0.15, 0.2) is 0 Å². The minimum Gasteiger partial charge on any atom is -0.376 e. The van der Waals surface area contributed by atoms with Crippen molar-refractivity contribution in [3.05, 3.63) is 0 Å². The molecular formula is C9H21BO2. The van der Waals surface area contributed by atoms with Gasteiger partial charge in [-0.15, -0.1) is 0 Å². The summed E-state index contributed by atoms with van der Waals surface area (Å²) in [7, 11) is 2.12. The Bertz CT molecular complexity index is 105. The largest absolute Gasteiger partial charge is 0.376 e. The molecule has 0 amide bonds. The van der Waals surface area contributed by atoms with Gasteiger partial charge >= 0.3 is 0 Å². The van der Waals surface area contributed by atoms with Crippen LogP contribution in [0.25, 0.3) is 0 Å². The van der Waals surface area contributed by atoms with Crippen LogP contribution in [0.2, 0.25) is 6.32 Å². The smallest absolute Gasteiger partial charge is 0.104 e. The average Bonchev–Trinajstić information content (AvgIpc) is 1.97. The molecule has 0 N–H and O–H groups in total. The molecule has 0 aliphatic heterocycles. The summed E-state index contributed by atoms with van der Waals surface area (Å²) in [6.45, 7) is 8.91. The molecule has 0 spiro atoms. The van der Waals surface area contributed by atoms with Gasteiger partial charge in [-0.25, -0.2) is 0 Å². The van der Waals surface area contributed by atoms with Crippen LogP contribution in [-0.2, 0) is 9.47 Å². The highest BCUT2D eigenvalue weighted by atomic mass is 16.5. The fourth-order valence-electron chi connectivity index (χ4n) is 0.938. The van der Waals surface area contributed by atoms with Crippen molar-refractivity contribution >= 4 is 7.85 Å². The first kappa shape index (κ1) is 12.0. The Labute approximate surface area is 77.0 Å². The zero-order valence-electron chi connectivity index (χ0n) is 8.96. The predicted molar refractivity (Wildman–Crippen MR) is 54.4 cm³/mol. The van der Waals surface area contributed by atoms with E-state index in [1.54, 1.807) is 0 Å². The third-order valence-electron chi connectivity index (χ3n) is 1.54. The molecule has 0 aromatic carbocycles. The van der Waals surface area contributed by atoms with E-state index in [1.807, 2.05) is 13.8 Å². The molecule has 1 atom stereocenters. The summed E-state index contributed by atoms with van der Waals surface area (Å²) in [6.07, 6.45) is 1.87. The van der Waals surface area contributed by atoms with E-state index < -0.39 is 0 Å². The van der Waals surface area contributed by atoms with E-state index in [1.165, 1.54) is 0 Å². The SMILES string of the molecule is BCC(COC(C)C)OC(C)C. The van der Waals surface area contributed by atoms with Gasteiger partial charge in [-0.2, -0.15) is 0 Å². The molecule has 72 valence electrons. The van der Waals surface area contributed by atoms with Crippen molar-refractivity contribution in [3.63, 3.8) is 0 Å². The summed E-state index contributed by atoms with van der Waals surface area (Å²) in [4.78, 5) is 0. The highest BCUT2D eigenvalue weighted by molar-refractivity contribution is 6.08. The van der Waals surface area contributed by atoms with Crippen molar-refractivity contribution in [2.24, 2.45) is 0 Å². The summed E-state index contributed by atoms with van der Waals surface area (Å²) in [6, 6.07) is 0. The highest BCUT2D eigenvalue weighted by Crippen LogP contribution is 2.03. The molecule has 12 heavy (non-hydrogen) atoms. The van der Waals surface area contributed by atoms with E-state index in [0.29, 0.717) is 18.8 Å². The van der Waals surface area contributed by atoms with Crippen molar-refractivity contribution in [1.82, 2.24) is 0 Å². The summed E-state index contributed by atoms with van der Waals surface area (Å²) in [5, 5.41) is 0. The van der Waals surface area contributed by atoms with E-state index in [9.17, 15) is 0 Å². The Balaban J connectivity index is 3.53. The topological polar surface area (TPSA) is 18.5 Å². The molecule has 0 bridgehead atoms. The van der Waals surface area contributed by atoms with E-state index >= 15 is 0 Å². The van der Waals surface area contributed by atoms with Crippen LogP contribution in [0.1, 0.15) is 27.7 Å². The lowest BCUT2D eigenvalue weighted by atomic mass is 10.00. The number of hydrogen-bond acceptors (Lipinski definition) is 2. The predicted octanol–water partition coefficient (Wildman–Crippen LogP) is 1.26. The van der Waals surface area contributed by atoms with Crippen LogP contribution in [0.15, 0.2) is 0 Å². The second kappa shape index (κ2) is 6.50. The molecular weight excluding hydrogens is 151 g/mol. The van der Waals surface area contributed by atoms with Crippen LogP contribution in [0.3, 0.4) is 0 Å². The molecule has 0 saturated heterocycles. The highest BCUT2D eigenvalue weighted by Gasteiger charge is 2.09. The second-order valence-electron chi connectivity index (χ2n) is 3.60. The summed E-state index contributed by atoms with van der Waals surface area (Å²) >= 11 is 0. The lowest BCUT2D eigenvalue weighted by Crippen LogP contribution is -2.24. The van der Waals surface area contributed by atoms with Gasteiger partial charge in [0, 0.05) is 0 Å². The molecule has 0 fully saturated rings. The maximum absolute atomic E-state index is 5.62. The summed E-state index contributed by atoms with van der Waals surface area (Å²) in [5.41, 5.74) is 0. The van der Waals surface area contributed by atoms with E-state index in [-0.39, 0.29) is 6.10 Å². The fourth-order valence-corrected chi connectivity index (χ4v) is 0.938. The number of rotatable bonds is 6. The molecule has 1 unspecified atom stereocenters. The van der Waals surface area contributed by atoms with E-state index in [2.05, 4.69) is 21.7 Å². The number of ether oxygens (including phenoxy) is 2. The van der Waals surface area contributed by atoms with Crippen LogP contribution < -0.4 is 0 Å². The minimum atomic E-state index is 0.257. The number of hydrogen-bond donors (Lipinski definition) is 0. The maximum Gasteiger partial charge on any atom is 0.104 e. The van der Waals surface area contributed by atoms with Gasteiger partial charge in [-0.3, -0.25) is 0 Å². The quantitative estimate of drug-likeness (QED) is 0.561. The first-order valence-corrected chi connectivity index (χ1v) is 4.83. The van der Waals surface area contributed by atoms with Gasteiger partial charge in [0.1, 0.15) is 7.85 Å². The Hall–Kier alpha value is -0.0151. The Morgan fingerprint density at radius 1 is 1.08 bits per heavy atom. The van der Waals surface area contributed by atoms with Gasteiger partial charge in [-0.05, 0) is 27.7 Å². The molecule has 0 aliphatic carbocycles. The van der Waals surface area contributed by atoms with Crippen molar-refractivity contribution in [2.45, 2.75) is 52.3 Å². The molecule has 0 aliphatic rings. The maximum atomic E-state index is 5.62. The Morgan fingerprint density at radius 2 is 1.67 bits per heavy atom. The lowest BCUT2D eigenvalue weighted by molar-refractivity contribution is -0.0491. The minimum absolute atomic E-state index is 0.257. The molecule has 2 nitrogen and oxygen atoms in total. The molecule has 0 heterocycles. The first-order chi connectivity index (χ1) is 5.56. The summed E-state index contributed by atoms with van der Waals surface area (Å²) < 4.78 is 11.1. The van der Waals surface area contributed by atoms with Gasteiger partial charge in [0.2, 0.25) is 0 Å². The van der Waals surface area contributed by atoms with E-state index in [0.717, 1.165) is 6.32 Å². The van der Waals surface area contributed by atoms with Gasteiger partial charge in [0.05, 0.1) is 24.9 Å². The fraction of sp³-hybridized carbons (Fsp3) is 1.00. The Kier molecular flexibility index (Phi) is 6.49. The van der Waals surface area contributed by atoms with E-state index in [4.69, 9.17) is 9.47 Å².